The van der Waals surface area contributed by atoms with Crippen LogP contribution < -0.4 is 4.74 Å². The number of fused-ring (bicyclic) bond motifs is 2. The summed E-state index contributed by atoms with van der Waals surface area (Å²) < 4.78 is 8.07. The van der Waals surface area contributed by atoms with Gasteiger partial charge in [0.15, 0.2) is 0 Å². The third-order valence-electron chi connectivity index (χ3n) is 8.39. The highest BCUT2D eigenvalue weighted by molar-refractivity contribution is 6.21. The van der Waals surface area contributed by atoms with Gasteiger partial charge in [-0.2, -0.15) is 0 Å². The molecule has 0 saturated heterocycles. The van der Waals surface area contributed by atoms with Gasteiger partial charge < -0.3 is 9.84 Å². The average molecular weight is 564 g/mol. The fourth-order valence-corrected chi connectivity index (χ4v) is 6.68. The Hall–Kier alpha value is -3.23. The number of aliphatic carboxylic acids is 1. The molecule has 3 heterocycles. The van der Waals surface area contributed by atoms with Crippen LogP contribution in [0.5, 0.6) is 5.88 Å². The highest BCUT2D eigenvalue weighted by Crippen LogP contribution is 2.55. The Morgan fingerprint density at radius 1 is 1.27 bits per heavy atom. The van der Waals surface area contributed by atoms with E-state index in [1.807, 2.05) is 30.7 Å². The Balaban J connectivity index is 1.52. The molecular formula is C31H38ClN5O3. The SMILES string of the molecule is CCn1nnc2c1C=CC(C)([C@H](c1ccc(C)c(CN3Cc4cccnc4OC(C)(C)C3)c1)[C@@H](C)C(=O)O)C2Cl. The van der Waals surface area contributed by atoms with Crippen LogP contribution >= 0.6 is 11.6 Å². The number of carboxylic acids is 1. The van der Waals surface area contributed by atoms with E-state index >= 15 is 0 Å². The van der Waals surface area contributed by atoms with Gasteiger partial charge in [0.1, 0.15) is 11.3 Å². The number of carbonyl (C=O) groups is 1. The Labute approximate surface area is 241 Å². The van der Waals surface area contributed by atoms with Crippen LogP contribution in [0.3, 0.4) is 0 Å². The van der Waals surface area contributed by atoms with Gasteiger partial charge in [0.2, 0.25) is 5.88 Å². The van der Waals surface area contributed by atoms with E-state index in [-0.39, 0.29) is 0 Å². The molecule has 1 aliphatic heterocycles. The second-order valence-corrected chi connectivity index (χ2v) is 12.4. The van der Waals surface area contributed by atoms with Gasteiger partial charge >= 0.3 is 5.97 Å². The summed E-state index contributed by atoms with van der Waals surface area (Å²) >= 11 is 7.15. The number of pyridine rings is 1. The predicted molar refractivity (Wildman–Crippen MR) is 155 cm³/mol. The van der Waals surface area contributed by atoms with Gasteiger partial charge in [-0.15, -0.1) is 16.7 Å². The summed E-state index contributed by atoms with van der Waals surface area (Å²) in [7, 11) is 0. The van der Waals surface area contributed by atoms with Crippen molar-refractivity contribution < 1.29 is 14.6 Å². The molecule has 0 saturated carbocycles. The first-order valence-electron chi connectivity index (χ1n) is 13.9. The number of aryl methyl sites for hydroxylation is 2. The lowest BCUT2D eigenvalue weighted by molar-refractivity contribution is -0.142. The van der Waals surface area contributed by atoms with E-state index in [4.69, 9.17) is 16.3 Å². The highest BCUT2D eigenvalue weighted by Gasteiger charge is 2.48. The molecule has 0 fully saturated rings. The minimum atomic E-state index is -0.857. The van der Waals surface area contributed by atoms with Crippen LogP contribution in [0.1, 0.15) is 79.6 Å². The predicted octanol–water partition coefficient (Wildman–Crippen LogP) is 5.99. The van der Waals surface area contributed by atoms with Crippen molar-refractivity contribution in [3.63, 3.8) is 0 Å². The van der Waals surface area contributed by atoms with Crippen molar-refractivity contribution in [2.75, 3.05) is 6.54 Å². The number of carboxylic acid groups (broad SMARTS) is 1. The van der Waals surface area contributed by atoms with Gasteiger partial charge in [-0.3, -0.25) is 9.69 Å². The maximum Gasteiger partial charge on any atom is 0.306 e. The first-order valence-corrected chi connectivity index (χ1v) is 14.3. The fraction of sp³-hybridized carbons (Fsp3) is 0.484. The van der Waals surface area contributed by atoms with Crippen LogP contribution in [0.25, 0.3) is 6.08 Å². The van der Waals surface area contributed by atoms with Crippen LogP contribution in [0.4, 0.5) is 0 Å². The first kappa shape index (κ1) is 28.3. The number of nitrogens with zero attached hydrogens (tertiary/aromatic N) is 5. The van der Waals surface area contributed by atoms with Crippen LogP contribution in [0.15, 0.2) is 42.6 Å². The molecule has 0 spiro atoms. The third-order valence-corrected chi connectivity index (χ3v) is 9.07. The largest absolute Gasteiger partial charge is 0.481 e. The molecule has 0 bridgehead atoms. The molecule has 2 aliphatic rings. The molecule has 9 heteroatoms. The lowest BCUT2D eigenvalue weighted by Gasteiger charge is -2.42. The van der Waals surface area contributed by atoms with E-state index in [2.05, 4.69) is 71.3 Å². The van der Waals surface area contributed by atoms with Crippen molar-refractivity contribution in [1.82, 2.24) is 24.9 Å². The molecule has 1 N–H and O–H groups in total. The molecule has 0 amide bonds. The second kappa shape index (κ2) is 10.6. The second-order valence-electron chi connectivity index (χ2n) is 12.0. The van der Waals surface area contributed by atoms with Gasteiger partial charge in [0.25, 0.3) is 0 Å². The van der Waals surface area contributed by atoms with Crippen molar-refractivity contribution >= 4 is 23.6 Å². The zero-order valence-corrected chi connectivity index (χ0v) is 24.8. The summed E-state index contributed by atoms with van der Waals surface area (Å²) in [6.07, 6.45) is 5.82. The Morgan fingerprint density at radius 2 is 2.05 bits per heavy atom. The number of rotatable bonds is 7. The molecule has 212 valence electrons. The summed E-state index contributed by atoms with van der Waals surface area (Å²) in [5.41, 5.74) is 4.78. The van der Waals surface area contributed by atoms with E-state index in [1.54, 1.807) is 13.1 Å². The summed E-state index contributed by atoms with van der Waals surface area (Å²) in [6, 6.07) is 10.3. The van der Waals surface area contributed by atoms with E-state index in [9.17, 15) is 9.90 Å². The van der Waals surface area contributed by atoms with Gasteiger partial charge in [0.05, 0.1) is 17.0 Å². The maximum absolute atomic E-state index is 12.5. The van der Waals surface area contributed by atoms with Crippen molar-refractivity contribution in [3.8, 4) is 5.88 Å². The number of hydrogen-bond donors (Lipinski definition) is 1. The molecule has 0 radical (unpaired) electrons. The first-order chi connectivity index (χ1) is 18.9. The zero-order valence-electron chi connectivity index (χ0n) is 24.1. The highest BCUT2D eigenvalue weighted by atomic mass is 35.5. The number of benzene rings is 1. The number of ether oxygens (including phenoxy) is 1. The number of allylic oxidation sites excluding steroid dienone is 1. The van der Waals surface area contributed by atoms with Crippen molar-refractivity contribution in [3.05, 3.63) is 76.2 Å². The molecule has 1 aromatic carbocycles. The molecule has 3 aromatic rings. The number of hydrogen-bond acceptors (Lipinski definition) is 6. The van der Waals surface area contributed by atoms with Crippen LogP contribution in [0.2, 0.25) is 0 Å². The van der Waals surface area contributed by atoms with Crippen molar-refractivity contribution in [2.45, 2.75) is 78.1 Å². The van der Waals surface area contributed by atoms with Crippen LogP contribution in [0, 0.1) is 18.3 Å². The minimum Gasteiger partial charge on any atom is -0.481 e. The quantitative estimate of drug-likeness (QED) is 0.353. The molecule has 4 atom stereocenters. The van der Waals surface area contributed by atoms with E-state index in [1.165, 1.54) is 0 Å². The molecule has 2 aromatic heterocycles. The minimum absolute atomic E-state index is 0.392. The standard InChI is InChI=1S/C31H38ClN5O3/c1-7-37-24-12-13-31(6,27(32)26(24)34-35-37)25(20(3)29(38)39)21-11-10-19(2)23(15-21)17-36-16-22-9-8-14-33-28(22)40-30(4,5)18-36/h8-15,20,25,27H,7,16-18H2,1-6H3,(H,38,39)/t20-,25+,27?,31?/m1/s1. The average Bonchev–Trinajstić information content (AvgIpc) is 3.26. The normalized spacial score (nSPS) is 23.4. The molecular weight excluding hydrogens is 526 g/mol. The number of alkyl halides is 1. The molecule has 8 nitrogen and oxygen atoms in total. The lowest BCUT2D eigenvalue weighted by Crippen LogP contribution is -2.40. The van der Waals surface area contributed by atoms with Crippen LogP contribution in [-0.2, 0) is 24.4 Å². The fourth-order valence-electron chi connectivity index (χ4n) is 6.32. The monoisotopic (exact) mass is 563 g/mol. The van der Waals surface area contributed by atoms with Gasteiger partial charge in [0, 0.05) is 49.3 Å². The summed E-state index contributed by atoms with van der Waals surface area (Å²) in [5.74, 6) is -1.25. The Kier molecular flexibility index (Phi) is 7.52. The van der Waals surface area contributed by atoms with Gasteiger partial charge in [-0.1, -0.05) is 49.4 Å². The summed E-state index contributed by atoms with van der Waals surface area (Å²) in [4.78, 5) is 19.3. The van der Waals surface area contributed by atoms with Crippen molar-refractivity contribution in [2.24, 2.45) is 11.3 Å². The smallest absolute Gasteiger partial charge is 0.306 e. The van der Waals surface area contributed by atoms with E-state index in [0.717, 1.165) is 34.5 Å². The van der Waals surface area contributed by atoms with Gasteiger partial charge in [-0.25, -0.2) is 9.67 Å². The topological polar surface area (TPSA) is 93.4 Å². The maximum atomic E-state index is 12.5. The summed E-state index contributed by atoms with van der Waals surface area (Å²) in [6.45, 7) is 14.9. The Morgan fingerprint density at radius 3 is 2.77 bits per heavy atom. The van der Waals surface area contributed by atoms with Gasteiger partial charge in [-0.05, 0) is 56.5 Å². The molecule has 1 aliphatic carbocycles. The number of halogens is 1. The van der Waals surface area contributed by atoms with Crippen LogP contribution in [-0.4, -0.2) is 48.1 Å². The van der Waals surface area contributed by atoms with E-state index in [0.29, 0.717) is 31.2 Å². The number of aromatic nitrogens is 4. The lowest BCUT2D eigenvalue weighted by atomic mass is 9.63. The van der Waals surface area contributed by atoms with Crippen molar-refractivity contribution in [1.29, 1.82) is 0 Å². The molecule has 5 rings (SSSR count). The van der Waals surface area contributed by atoms with E-state index < -0.39 is 34.2 Å². The third kappa shape index (κ3) is 5.15. The zero-order chi connectivity index (χ0) is 28.8. The Bertz CT molecular complexity index is 1450. The molecule has 2 unspecified atom stereocenters. The summed E-state index contributed by atoms with van der Waals surface area (Å²) in [5, 5.41) is 18.3. The molecule has 40 heavy (non-hydrogen) atoms.